The van der Waals surface area contributed by atoms with Gasteiger partial charge in [-0.1, -0.05) is 84.0 Å². The highest BCUT2D eigenvalue weighted by atomic mass is 16.3. The van der Waals surface area contributed by atoms with Gasteiger partial charge in [-0.15, -0.1) is 0 Å². The zero-order valence-corrected chi connectivity index (χ0v) is 18.5. The second-order valence-corrected chi connectivity index (χ2v) is 10.5. The summed E-state index contributed by atoms with van der Waals surface area (Å²) in [6.07, 6.45) is 3.57. The minimum atomic E-state index is -0.0749. The number of benzene rings is 2. The summed E-state index contributed by atoms with van der Waals surface area (Å²) in [4.78, 5) is 2.57. The van der Waals surface area contributed by atoms with Crippen molar-refractivity contribution in [1.82, 2.24) is 4.90 Å². The van der Waals surface area contributed by atoms with Crippen molar-refractivity contribution in [2.24, 2.45) is 0 Å². The van der Waals surface area contributed by atoms with Crippen LogP contribution in [0.25, 0.3) is 0 Å². The first kappa shape index (κ1) is 20.9. The highest BCUT2D eigenvalue weighted by Gasteiger charge is 2.29. The van der Waals surface area contributed by atoms with Crippen LogP contribution in [0.4, 0.5) is 0 Å². The minimum Gasteiger partial charge on any atom is -0.507 e. The summed E-state index contributed by atoms with van der Waals surface area (Å²) in [6.45, 7) is 15.3. The van der Waals surface area contributed by atoms with Crippen LogP contribution in [0.15, 0.2) is 42.5 Å². The van der Waals surface area contributed by atoms with Gasteiger partial charge < -0.3 is 5.11 Å². The third-order valence-corrected chi connectivity index (χ3v) is 6.05. The average Bonchev–Trinajstić information content (AvgIpc) is 3.02. The molecule has 0 saturated carbocycles. The first-order chi connectivity index (χ1) is 13.1. The van der Waals surface area contributed by atoms with Crippen molar-refractivity contribution in [2.75, 3.05) is 6.54 Å². The smallest absolute Gasteiger partial charge is 0.123 e. The molecule has 0 aliphatic carbocycles. The molecule has 0 unspecified atom stereocenters. The summed E-state index contributed by atoms with van der Waals surface area (Å²) in [5.41, 5.74) is 4.85. The molecule has 3 rings (SSSR count). The van der Waals surface area contributed by atoms with E-state index >= 15 is 0 Å². The Bertz CT molecular complexity index is 796. The number of hydrogen-bond donors (Lipinski definition) is 1. The Morgan fingerprint density at radius 2 is 1.64 bits per heavy atom. The molecule has 0 spiro atoms. The SMILES string of the molecule is CC(C)(C)c1cc(CN2CCC[C@H]2Cc2ccccc2)c(O)c(C(C)(C)C)c1. The fraction of sp³-hybridized carbons (Fsp3) is 0.538. The highest BCUT2D eigenvalue weighted by molar-refractivity contribution is 5.48. The summed E-state index contributed by atoms with van der Waals surface area (Å²) in [5.74, 6) is 0.492. The van der Waals surface area contributed by atoms with Gasteiger partial charge >= 0.3 is 0 Å². The van der Waals surface area contributed by atoms with E-state index in [4.69, 9.17) is 0 Å². The summed E-state index contributed by atoms with van der Waals surface area (Å²) >= 11 is 0. The predicted molar refractivity (Wildman–Crippen MR) is 119 cm³/mol. The van der Waals surface area contributed by atoms with Gasteiger partial charge in [-0.25, -0.2) is 0 Å². The Morgan fingerprint density at radius 3 is 2.25 bits per heavy atom. The molecule has 1 aliphatic rings. The van der Waals surface area contributed by atoms with Crippen LogP contribution in [0.5, 0.6) is 5.75 Å². The summed E-state index contributed by atoms with van der Waals surface area (Å²) in [6, 6.07) is 15.8. The van der Waals surface area contributed by atoms with Crippen LogP contribution in [0.2, 0.25) is 0 Å². The van der Waals surface area contributed by atoms with E-state index < -0.39 is 0 Å². The van der Waals surface area contributed by atoms with Crippen LogP contribution in [0.1, 0.15) is 76.6 Å². The molecule has 2 nitrogen and oxygen atoms in total. The molecular weight excluding hydrogens is 342 g/mol. The second-order valence-electron chi connectivity index (χ2n) is 10.5. The molecule has 1 fully saturated rings. The molecule has 28 heavy (non-hydrogen) atoms. The maximum Gasteiger partial charge on any atom is 0.123 e. The lowest BCUT2D eigenvalue weighted by molar-refractivity contribution is 0.240. The van der Waals surface area contributed by atoms with Crippen molar-refractivity contribution in [2.45, 2.75) is 84.2 Å². The molecule has 0 bridgehead atoms. The van der Waals surface area contributed by atoms with Crippen molar-refractivity contribution in [3.05, 3.63) is 64.7 Å². The molecule has 2 aromatic rings. The number of likely N-dealkylation sites (tertiary alicyclic amines) is 1. The Hall–Kier alpha value is -1.80. The number of phenols is 1. The van der Waals surface area contributed by atoms with Gasteiger partial charge in [0.2, 0.25) is 0 Å². The predicted octanol–water partition coefficient (Wildman–Crippen LogP) is 6.19. The zero-order valence-electron chi connectivity index (χ0n) is 18.5. The quantitative estimate of drug-likeness (QED) is 0.684. The Labute approximate surface area is 171 Å². The third-order valence-electron chi connectivity index (χ3n) is 6.05. The van der Waals surface area contributed by atoms with Crippen molar-refractivity contribution < 1.29 is 5.11 Å². The van der Waals surface area contributed by atoms with Gasteiger partial charge in [-0.05, 0) is 53.3 Å². The lowest BCUT2D eigenvalue weighted by Gasteiger charge is -2.30. The van der Waals surface area contributed by atoms with Gasteiger partial charge in [0.15, 0.2) is 0 Å². The lowest BCUT2D eigenvalue weighted by atomic mass is 9.79. The molecule has 1 aliphatic heterocycles. The van der Waals surface area contributed by atoms with Crippen LogP contribution in [0.3, 0.4) is 0 Å². The molecule has 1 saturated heterocycles. The fourth-order valence-corrected chi connectivity index (χ4v) is 4.26. The molecule has 152 valence electrons. The molecular formula is C26H37NO. The maximum atomic E-state index is 11.1. The Morgan fingerprint density at radius 1 is 0.964 bits per heavy atom. The number of aromatic hydroxyl groups is 1. The monoisotopic (exact) mass is 379 g/mol. The van der Waals surface area contributed by atoms with Crippen LogP contribution >= 0.6 is 0 Å². The van der Waals surface area contributed by atoms with E-state index in [9.17, 15) is 5.11 Å². The van der Waals surface area contributed by atoms with E-state index in [0.29, 0.717) is 11.8 Å². The van der Waals surface area contributed by atoms with E-state index in [1.807, 2.05) is 0 Å². The van der Waals surface area contributed by atoms with E-state index in [2.05, 4.69) is 88.9 Å². The first-order valence-electron chi connectivity index (χ1n) is 10.7. The molecule has 1 atom stereocenters. The molecule has 0 aromatic heterocycles. The first-order valence-corrected chi connectivity index (χ1v) is 10.7. The number of hydrogen-bond acceptors (Lipinski definition) is 2. The van der Waals surface area contributed by atoms with E-state index in [-0.39, 0.29) is 10.8 Å². The van der Waals surface area contributed by atoms with Gasteiger partial charge in [-0.2, -0.15) is 0 Å². The Balaban J connectivity index is 1.90. The normalized spacial score (nSPS) is 18.6. The zero-order chi connectivity index (χ0) is 20.5. The Kier molecular flexibility index (Phi) is 5.91. The fourth-order valence-electron chi connectivity index (χ4n) is 4.26. The molecule has 2 heteroatoms. The number of nitrogens with zero attached hydrogens (tertiary/aromatic N) is 1. The third kappa shape index (κ3) is 4.78. The van der Waals surface area contributed by atoms with Gasteiger partial charge in [0.05, 0.1) is 0 Å². The highest BCUT2D eigenvalue weighted by Crippen LogP contribution is 2.39. The van der Waals surface area contributed by atoms with E-state index in [0.717, 1.165) is 30.6 Å². The lowest BCUT2D eigenvalue weighted by Crippen LogP contribution is -2.31. The molecule has 0 amide bonds. The standard InChI is InChI=1S/C26H37NO/c1-25(2,3)21-16-20(24(28)23(17-21)26(4,5)6)18-27-14-10-13-22(27)15-19-11-8-7-9-12-19/h7-9,11-12,16-17,22,28H,10,13-15,18H2,1-6H3/t22-/m0/s1. The summed E-state index contributed by atoms with van der Waals surface area (Å²) in [5, 5.41) is 11.1. The van der Waals surface area contributed by atoms with Gasteiger partial charge in [0.25, 0.3) is 0 Å². The number of phenolic OH excluding ortho intramolecular Hbond substituents is 1. The van der Waals surface area contributed by atoms with Crippen molar-refractivity contribution in [3.63, 3.8) is 0 Å². The number of rotatable bonds is 4. The summed E-state index contributed by atoms with van der Waals surface area (Å²) < 4.78 is 0. The van der Waals surface area contributed by atoms with E-state index in [1.54, 1.807) is 0 Å². The topological polar surface area (TPSA) is 23.5 Å². The molecule has 2 aromatic carbocycles. The molecule has 1 heterocycles. The van der Waals surface area contributed by atoms with Gasteiger partial charge in [-0.3, -0.25) is 4.90 Å². The van der Waals surface area contributed by atoms with Crippen molar-refractivity contribution in [3.8, 4) is 5.75 Å². The van der Waals surface area contributed by atoms with Crippen LogP contribution in [0, 0.1) is 0 Å². The van der Waals surface area contributed by atoms with Crippen LogP contribution in [-0.2, 0) is 23.8 Å². The van der Waals surface area contributed by atoms with Crippen molar-refractivity contribution >= 4 is 0 Å². The largest absolute Gasteiger partial charge is 0.507 e. The van der Waals surface area contributed by atoms with Crippen LogP contribution < -0.4 is 0 Å². The van der Waals surface area contributed by atoms with Gasteiger partial charge in [0, 0.05) is 18.2 Å². The second kappa shape index (κ2) is 7.91. The maximum absolute atomic E-state index is 11.1. The average molecular weight is 380 g/mol. The van der Waals surface area contributed by atoms with Crippen LogP contribution in [-0.4, -0.2) is 22.6 Å². The summed E-state index contributed by atoms with van der Waals surface area (Å²) in [7, 11) is 0. The minimum absolute atomic E-state index is 0.0664. The van der Waals surface area contributed by atoms with E-state index in [1.165, 1.54) is 24.0 Å². The molecule has 1 N–H and O–H groups in total. The molecule has 0 radical (unpaired) electrons. The van der Waals surface area contributed by atoms with Crippen molar-refractivity contribution in [1.29, 1.82) is 0 Å². The van der Waals surface area contributed by atoms with Gasteiger partial charge in [0.1, 0.15) is 5.75 Å².